The topological polar surface area (TPSA) is 48.9 Å². The number of aliphatic imine (C=N–C) groups is 1. The highest BCUT2D eigenvalue weighted by Gasteiger charge is 2.21. The summed E-state index contributed by atoms with van der Waals surface area (Å²) in [7, 11) is 0. The van der Waals surface area contributed by atoms with Crippen LogP contribution in [0.15, 0.2) is 88.2 Å². The molecule has 0 fully saturated rings. The summed E-state index contributed by atoms with van der Waals surface area (Å²) in [6, 6.07) is 8.21. The van der Waals surface area contributed by atoms with Crippen LogP contribution < -0.4 is 10.6 Å². The van der Waals surface area contributed by atoms with E-state index in [1.807, 2.05) is 31.3 Å². The lowest BCUT2D eigenvalue weighted by Gasteiger charge is -2.33. The second-order valence-corrected chi connectivity index (χ2v) is 8.09. The van der Waals surface area contributed by atoms with Gasteiger partial charge in [-0.3, -0.25) is 0 Å². The zero-order valence-electron chi connectivity index (χ0n) is 19.2. The minimum Gasteiger partial charge on any atom is -0.494 e. The van der Waals surface area contributed by atoms with E-state index in [2.05, 4.69) is 66.6 Å². The molecule has 0 unspecified atom stereocenters. The second kappa shape index (κ2) is 10.2. The van der Waals surface area contributed by atoms with Crippen molar-refractivity contribution >= 4 is 11.9 Å². The van der Waals surface area contributed by atoms with E-state index in [9.17, 15) is 0 Å². The van der Waals surface area contributed by atoms with Crippen molar-refractivity contribution in [2.75, 3.05) is 31.6 Å². The fourth-order valence-corrected chi connectivity index (χ4v) is 3.93. The van der Waals surface area contributed by atoms with Crippen molar-refractivity contribution in [2.45, 2.75) is 34.1 Å². The van der Waals surface area contributed by atoms with Gasteiger partial charge in [-0.1, -0.05) is 30.9 Å². The summed E-state index contributed by atoms with van der Waals surface area (Å²) in [6.07, 6.45) is 4.83. The molecule has 1 aromatic carbocycles. The number of ether oxygens (including phenoxy) is 1. The molecule has 1 aromatic rings. The molecule has 2 heterocycles. The molecule has 0 aliphatic carbocycles. The van der Waals surface area contributed by atoms with Crippen LogP contribution in [-0.4, -0.2) is 37.4 Å². The van der Waals surface area contributed by atoms with Crippen molar-refractivity contribution in [3.8, 4) is 0 Å². The number of nitrogens with zero attached hydrogens (tertiary/aromatic N) is 2. The Morgan fingerprint density at radius 2 is 1.97 bits per heavy atom. The molecule has 2 aliphatic heterocycles. The molecule has 0 atom stereocenters. The fourth-order valence-electron chi connectivity index (χ4n) is 3.93. The minimum absolute atomic E-state index is 0.639. The maximum absolute atomic E-state index is 5.72. The first-order valence-electron chi connectivity index (χ1n) is 10.8. The summed E-state index contributed by atoms with van der Waals surface area (Å²) in [5.41, 5.74) is 8.19. The summed E-state index contributed by atoms with van der Waals surface area (Å²) >= 11 is 0. The minimum atomic E-state index is 0.639. The van der Waals surface area contributed by atoms with Gasteiger partial charge >= 0.3 is 0 Å². The Hall–Kier alpha value is -3.21. The van der Waals surface area contributed by atoms with Crippen molar-refractivity contribution in [1.82, 2.24) is 10.2 Å². The van der Waals surface area contributed by atoms with E-state index in [1.165, 1.54) is 22.3 Å². The van der Waals surface area contributed by atoms with Gasteiger partial charge in [0.15, 0.2) is 0 Å². The first-order valence-corrected chi connectivity index (χ1v) is 10.8. The van der Waals surface area contributed by atoms with Gasteiger partial charge < -0.3 is 20.3 Å². The smallest absolute Gasteiger partial charge is 0.122 e. The highest BCUT2D eigenvalue weighted by molar-refractivity contribution is 5.81. The van der Waals surface area contributed by atoms with Crippen LogP contribution in [0.3, 0.4) is 0 Å². The summed E-state index contributed by atoms with van der Waals surface area (Å²) in [6.45, 7) is 19.8. The van der Waals surface area contributed by atoms with Gasteiger partial charge in [0.25, 0.3) is 0 Å². The Morgan fingerprint density at radius 1 is 1.23 bits per heavy atom. The second-order valence-electron chi connectivity index (χ2n) is 8.09. The van der Waals surface area contributed by atoms with Crippen molar-refractivity contribution in [3.63, 3.8) is 0 Å². The van der Waals surface area contributed by atoms with Crippen molar-refractivity contribution in [3.05, 3.63) is 88.8 Å². The van der Waals surface area contributed by atoms with Gasteiger partial charge in [0.1, 0.15) is 18.2 Å². The molecule has 0 amide bonds. The Kier molecular flexibility index (Phi) is 7.40. The summed E-state index contributed by atoms with van der Waals surface area (Å²) in [5.74, 6) is 1.58. The number of nitrogens with one attached hydrogen (secondary N) is 2. The predicted molar refractivity (Wildman–Crippen MR) is 131 cm³/mol. The quantitative estimate of drug-likeness (QED) is 0.467. The van der Waals surface area contributed by atoms with Crippen LogP contribution in [0.2, 0.25) is 0 Å². The van der Waals surface area contributed by atoms with Gasteiger partial charge in [-0.05, 0) is 69.0 Å². The molecule has 5 nitrogen and oxygen atoms in total. The molecule has 3 rings (SSSR count). The molecule has 164 valence electrons. The number of hydrogen-bond donors (Lipinski definition) is 2. The lowest BCUT2D eigenvalue weighted by Crippen LogP contribution is -2.33. The molecule has 0 bridgehead atoms. The average Bonchev–Trinajstić information content (AvgIpc) is 2.75. The standard InChI is InChI=1S/C26H34N4O/c1-7-25(20(4)26-21(5)31-15-13-27-26)30-14-12-23(19(3)17-30)16-28-22(6)29-24-10-8-18(2)9-11-24/h7-11,16,27,29H,1,6,12-15,17H2,2-5H3/b25-20+,28-16-. The van der Waals surface area contributed by atoms with Crippen LogP contribution in [0.1, 0.15) is 32.8 Å². The van der Waals surface area contributed by atoms with E-state index in [0.29, 0.717) is 12.4 Å². The third-order valence-corrected chi connectivity index (χ3v) is 5.71. The average molecular weight is 419 g/mol. The van der Waals surface area contributed by atoms with Gasteiger partial charge in [-0.15, -0.1) is 0 Å². The van der Waals surface area contributed by atoms with Crippen LogP contribution in [0.4, 0.5) is 5.69 Å². The highest BCUT2D eigenvalue weighted by Crippen LogP contribution is 2.26. The molecule has 0 spiro atoms. The monoisotopic (exact) mass is 418 g/mol. The molecule has 0 saturated carbocycles. The van der Waals surface area contributed by atoms with Crippen LogP contribution >= 0.6 is 0 Å². The number of allylic oxidation sites excluding steroid dienone is 3. The van der Waals surface area contributed by atoms with Crippen molar-refractivity contribution in [2.24, 2.45) is 4.99 Å². The van der Waals surface area contributed by atoms with Crippen molar-refractivity contribution in [1.29, 1.82) is 0 Å². The number of benzene rings is 1. The van der Waals surface area contributed by atoms with E-state index >= 15 is 0 Å². The third-order valence-electron chi connectivity index (χ3n) is 5.71. The van der Waals surface area contributed by atoms with Gasteiger partial charge in [0.05, 0.1) is 5.70 Å². The van der Waals surface area contributed by atoms with Crippen LogP contribution in [0, 0.1) is 6.92 Å². The maximum atomic E-state index is 5.72. The largest absolute Gasteiger partial charge is 0.494 e. The van der Waals surface area contributed by atoms with Gasteiger partial charge in [-0.25, -0.2) is 4.99 Å². The molecule has 5 heteroatoms. The van der Waals surface area contributed by atoms with E-state index < -0.39 is 0 Å². The maximum Gasteiger partial charge on any atom is 0.122 e. The van der Waals surface area contributed by atoms with Crippen LogP contribution in [0.5, 0.6) is 0 Å². The molecular weight excluding hydrogens is 384 g/mol. The summed E-state index contributed by atoms with van der Waals surface area (Å²) < 4.78 is 5.72. The Balaban J connectivity index is 1.69. The lowest BCUT2D eigenvalue weighted by atomic mass is 10.00. The summed E-state index contributed by atoms with van der Waals surface area (Å²) in [4.78, 5) is 6.93. The van der Waals surface area contributed by atoms with Gasteiger partial charge in [0, 0.05) is 37.2 Å². The van der Waals surface area contributed by atoms with Crippen LogP contribution in [-0.2, 0) is 4.74 Å². The molecular formula is C26H34N4O. The van der Waals surface area contributed by atoms with E-state index in [4.69, 9.17) is 4.74 Å². The molecule has 0 saturated heterocycles. The van der Waals surface area contributed by atoms with E-state index in [-0.39, 0.29) is 0 Å². The number of anilines is 1. The normalized spacial score (nSPS) is 17.9. The predicted octanol–water partition coefficient (Wildman–Crippen LogP) is 5.28. The number of hydrogen-bond acceptors (Lipinski definition) is 5. The number of aryl methyl sites for hydroxylation is 1. The Bertz CT molecular complexity index is 964. The lowest BCUT2D eigenvalue weighted by molar-refractivity contribution is 0.194. The number of rotatable bonds is 7. The van der Waals surface area contributed by atoms with Crippen LogP contribution in [0.25, 0.3) is 0 Å². The van der Waals surface area contributed by atoms with Crippen molar-refractivity contribution < 1.29 is 4.74 Å². The first-order chi connectivity index (χ1) is 14.9. The van der Waals surface area contributed by atoms with Gasteiger partial charge in [0.2, 0.25) is 0 Å². The summed E-state index contributed by atoms with van der Waals surface area (Å²) in [5, 5.41) is 6.72. The van der Waals surface area contributed by atoms with E-state index in [1.54, 1.807) is 0 Å². The SMILES string of the molecule is C=C/C(=C(/C)C1=C(C)OCCN1)N1CCC(/C=N\C(=C)Nc2ccc(C)cc2)=C(C)C1. The van der Waals surface area contributed by atoms with E-state index in [0.717, 1.165) is 48.9 Å². The molecule has 31 heavy (non-hydrogen) atoms. The first kappa shape index (κ1) is 22.5. The fraction of sp³-hybridized carbons (Fsp3) is 0.346. The Morgan fingerprint density at radius 3 is 2.61 bits per heavy atom. The van der Waals surface area contributed by atoms with Gasteiger partial charge in [-0.2, -0.15) is 0 Å². The third kappa shape index (κ3) is 5.69. The highest BCUT2D eigenvalue weighted by atomic mass is 16.5. The molecule has 2 aliphatic rings. The molecule has 0 aromatic heterocycles. The zero-order valence-corrected chi connectivity index (χ0v) is 19.2. The zero-order chi connectivity index (χ0) is 22.4. The molecule has 2 N–H and O–H groups in total. The Labute approximate surface area is 186 Å². The molecule has 0 radical (unpaired) electrons.